The van der Waals surface area contributed by atoms with E-state index in [1.165, 1.54) is 127 Å². The molecule has 2 heteroatoms. The van der Waals surface area contributed by atoms with Gasteiger partial charge < -0.3 is 0 Å². The third-order valence-electron chi connectivity index (χ3n) is 17.7. The van der Waals surface area contributed by atoms with Gasteiger partial charge in [0.05, 0.1) is 0 Å². The van der Waals surface area contributed by atoms with Gasteiger partial charge in [0.25, 0.3) is 0 Å². The molecule has 4 aliphatic rings. The van der Waals surface area contributed by atoms with Crippen molar-refractivity contribution in [1.29, 1.82) is 0 Å². The Balaban J connectivity index is 0.964. The van der Waals surface area contributed by atoms with E-state index in [1.54, 1.807) is 24.3 Å². The average molecular weight is 995 g/mol. The van der Waals surface area contributed by atoms with Gasteiger partial charge in [-0.05, 0) is 189 Å². The van der Waals surface area contributed by atoms with Crippen molar-refractivity contribution in [3.05, 3.63) is 282 Å². The Morgan fingerprint density at radius 3 is 1.32 bits per heavy atom. The van der Waals surface area contributed by atoms with Gasteiger partial charge in [-0.2, -0.15) is 0 Å². The molecule has 0 saturated heterocycles. The van der Waals surface area contributed by atoms with Gasteiger partial charge in [-0.15, -0.1) is 0 Å². The Kier molecular flexibility index (Phi) is 9.13. The highest BCUT2D eigenvalue weighted by atomic mass is 19.1. The van der Waals surface area contributed by atoms with Gasteiger partial charge in [0.15, 0.2) is 0 Å². The Bertz CT molecular complexity index is 4890. The van der Waals surface area contributed by atoms with Crippen molar-refractivity contribution in [3.8, 4) is 89.0 Å². The number of halogens is 2. The molecule has 0 fully saturated rings. The van der Waals surface area contributed by atoms with Gasteiger partial charge >= 0.3 is 0 Å². The number of rotatable bonds is 6. The second-order valence-electron chi connectivity index (χ2n) is 21.4. The zero-order valence-electron chi connectivity index (χ0n) is 42.2. The summed E-state index contributed by atoms with van der Waals surface area (Å²) in [4.78, 5) is 0. The molecule has 78 heavy (non-hydrogen) atoms. The quantitative estimate of drug-likeness (QED) is 0.156. The second-order valence-corrected chi connectivity index (χ2v) is 21.4. The highest BCUT2D eigenvalue weighted by Crippen LogP contribution is 2.65. The van der Waals surface area contributed by atoms with E-state index < -0.39 is 0 Å². The molecular formula is C76H44F2. The molecule has 13 aromatic carbocycles. The highest BCUT2D eigenvalue weighted by molar-refractivity contribution is 6.33. The van der Waals surface area contributed by atoms with Crippen molar-refractivity contribution < 1.29 is 8.78 Å². The van der Waals surface area contributed by atoms with Crippen LogP contribution in [0.4, 0.5) is 8.78 Å². The minimum Gasteiger partial charge on any atom is -0.207 e. The Morgan fingerprint density at radius 2 is 0.744 bits per heavy atom. The fourth-order valence-electron chi connectivity index (χ4n) is 14.7. The van der Waals surface area contributed by atoms with E-state index >= 15 is 0 Å². The maximum Gasteiger partial charge on any atom is 0.123 e. The second kappa shape index (κ2) is 16.4. The van der Waals surface area contributed by atoms with Crippen LogP contribution in [-0.2, 0) is 0 Å². The van der Waals surface area contributed by atoms with Crippen LogP contribution < -0.4 is 5.22 Å². The fraction of sp³-hybridized carbons (Fsp3) is 0.0263. The SMILES string of the molecule is Fc1ccc(-c2c3c(c(-c4ccccc4-c4ccccc4)c4ccccc24)C2C=Cc4c5c(c6ccc7c8c(ccc4c86)-c4c-7c(-c6ccccc6-c6ccccc6)c6ccccc6c4-c4ccc(F)cc4)=CC=C3C52)cc1. The standard InChI is InChI=1S/C76H44F2/c77-47-31-27-45(28-32-47)65-53-23-11-13-25-55(53)69(51-21-9-7-19-49(51)43-15-3-1-4-16-43)75-63-41-37-59-58-36-40-62-72-64(42-38-60(68(58)72)57-35-39-61(73(65)75)71(63)67(57)59)76-70(52-22-10-8-20-50(52)44-17-5-2-6-18-44)56-26-14-12-24-54(56)66(74(62)76)46-29-33-48(78)34-30-46/h1-42,63,71H. The number of benzene rings is 13. The smallest absolute Gasteiger partial charge is 0.123 e. The first kappa shape index (κ1) is 43.5. The van der Waals surface area contributed by atoms with E-state index in [9.17, 15) is 8.78 Å². The molecule has 0 N–H and O–H groups in total. The first-order valence-corrected chi connectivity index (χ1v) is 27.0. The number of fused-ring (bicyclic) bond motifs is 10. The first-order chi connectivity index (χ1) is 38.6. The normalized spacial score (nSPS) is 15.2. The highest BCUT2D eigenvalue weighted by Gasteiger charge is 2.45. The summed E-state index contributed by atoms with van der Waals surface area (Å²) >= 11 is 0. The molecule has 0 aromatic heterocycles. The lowest BCUT2D eigenvalue weighted by molar-refractivity contribution is 0.627. The Morgan fingerprint density at radius 1 is 0.282 bits per heavy atom. The summed E-state index contributed by atoms with van der Waals surface area (Å²) < 4.78 is 29.8. The van der Waals surface area contributed by atoms with Crippen LogP contribution in [0.3, 0.4) is 0 Å². The molecule has 0 spiro atoms. The molecule has 0 heterocycles. The third-order valence-corrected chi connectivity index (χ3v) is 17.7. The van der Waals surface area contributed by atoms with Crippen LogP contribution in [0.1, 0.15) is 34.1 Å². The molecule has 0 saturated carbocycles. The van der Waals surface area contributed by atoms with Crippen LogP contribution in [0, 0.1) is 11.6 Å². The molecular weight excluding hydrogens is 951 g/mol. The van der Waals surface area contributed by atoms with Crippen LogP contribution >= 0.6 is 0 Å². The molecule has 362 valence electrons. The van der Waals surface area contributed by atoms with Crippen molar-refractivity contribution in [2.75, 3.05) is 0 Å². The van der Waals surface area contributed by atoms with E-state index in [0.717, 1.165) is 38.4 Å². The fourth-order valence-corrected chi connectivity index (χ4v) is 14.7. The summed E-state index contributed by atoms with van der Waals surface area (Å²) in [6.07, 6.45) is 9.78. The van der Waals surface area contributed by atoms with Crippen molar-refractivity contribution in [2.45, 2.75) is 11.8 Å². The molecule has 0 amide bonds. The minimum atomic E-state index is -0.252. The number of hydrogen-bond donors (Lipinski definition) is 0. The van der Waals surface area contributed by atoms with Gasteiger partial charge in [-0.3, -0.25) is 0 Å². The van der Waals surface area contributed by atoms with Crippen LogP contribution in [0.25, 0.3) is 150 Å². The zero-order valence-corrected chi connectivity index (χ0v) is 42.2. The van der Waals surface area contributed by atoms with E-state index in [-0.39, 0.29) is 23.5 Å². The van der Waals surface area contributed by atoms with Gasteiger partial charge in [-0.25, -0.2) is 8.78 Å². The maximum atomic E-state index is 14.9. The summed E-state index contributed by atoms with van der Waals surface area (Å²) in [5.41, 5.74) is 25.2. The van der Waals surface area contributed by atoms with Crippen molar-refractivity contribution >= 4 is 60.8 Å². The van der Waals surface area contributed by atoms with E-state index in [4.69, 9.17) is 0 Å². The third kappa shape index (κ3) is 5.92. The minimum absolute atomic E-state index is 0.0322. The Labute approximate surface area is 449 Å². The molecule has 0 radical (unpaired) electrons. The molecule has 2 unspecified atom stereocenters. The molecule has 0 aliphatic heterocycles. The molecule has 2 atom stereocenters. The predicted molar refractivity (Wildman–Crippen MR) is 322 cm³/mol. The summed E-state index contributed by atoms with van der Waals surface area (Å²) in [5, 5.41) is 10.9. The Hall–Kier alpha value is -9.76. The van der Waals surface area contributed by atoms with E-state index in [2.05, 4.69) is 206 Å². The van der Waals surface area contributed by atoms with Crippen molar-refractivity contribution in [3.63, 3.8) is 0 Å². The molecule has 17 rings (SSSR count). The summed E-state index contributed by atoms with van der Waals surface area (Å²) in [6.45, 7) is 0. The number of allylic oxidation sites excluding steroid dienone is 3. The van der Waals surface area contributed by atoms with Gasteiger partial charge in [0.2, 0.25) is 0 Å². The molecule has 0 bridgehead atoms. The first-order valence-electron chi connectivity index (χ1n) is 27.0. The van der Waals surface area contributed by atoms with Gasteiger partial charge in [-0.1, -0.05) is 231 Å². The maximum absolute atomic E-state index is 14.9. The van der Waals surface area contributed by atoms with Crippen LogP contribution in [0.5, 0.6) is 0 Å². The topological polar surface area (TPSA) is 0 Å². The molecule has 0 nitrogen and oxygen atoms in total. The molecule has 13 aromatic rings. The zero-order chi connectivity index (χ0) is 51.3. The van der Waals surface area contributed by atoms with E-state index in [0.29, 0.717) is 0 Å². The lowest BCUT2D eigenvalue weighted by Crippen LogP contribution is -2.23. The summed E-state index contributed by atoms with van der Waals surface area (Å²) in [7, 11) is 0. The lowest BCUT2D eigenvalue weighted by atomic mass is 9.72. The lowest BCUT2D eigenvalue weighted by Gasteiger charge is -2.30. The summed E-state index contributed by atoms with van der Waals surface area (Å²) in [6, 6.07) is 80.7. The van der Waals surface area contributed by atoms with Crippen LogP contribution in [0.15, 0.2) is 243 Å². The van der Waals surface area contributed by atoms with Gasteiger partial charge in [0, 0.05) is 11.8 Å². The monoisotopic (exact) mass is 994 g/mol. The van der Waals surface area contributed by atoms with Crippen molar-refractivity contribution in [2.24, 2.45) is 0 Å². The average Bonchev–Trinajstić information content (AvgIpc) is 3.57. The van der Waals surface area contributed by atoms with E-state index in [1.807, 2.05) is 24.3 Å². The number of hydrogen-bond acceptors (Lipinski definition) is 0. The largest absolute Gasteiger partial charge is 0.207 e. The van der Waals surface area contributed by atoms with Gasteiger partial charge in [0.1, 0.15) is 11.6 Å². The van der Waals surface area contributed by atoms with Crippen LogP contribution in [-0.4, -0.2) is 0 Å². The van der Waals surface area contributed by atoms with Crippen molar-refractivity contribution in [1.82, 2.24) is 0 Å². The molecule has 4 aliphatic carbocycles. The predicted octanol–water partition coefficient (Wildman–Crippen LogP) is 20.0. The van der Waals surface area contributed by atoms with Crippen LogP contribution in [0.2, 0.25) is 0 Å². The summed E-state index contributed by atoms with van der Waals surface area (Å²) in [5.74, 6) is -0.423.